The third kappa shape index (κ3) is 1.96. The summed E-state index contributed by atoms with van der Waals surface area (Å²) in [5, 5.41) is 0. The summed E-state index contributed by atoms with van der Waals surface area (Å²) in [5.41, 5.74) is 6.33. The topological polar surface area (TPSA) is 23.8 Å². The molecule has 0 fully saturated rings. The van der Waals surface area contributed by atoms with Crippen molar-refractivity contribution in [3.05, 3.63) is 6.54 Å². The van der Waals surface area contributed by atoms with Crippen LogP contribution in [-0.2, 0) is 0 Å². The van der Waals surface area contributed by atoms with Crippen LogP contribution in [0.3, 0.4) is 0 Å². The molecule has 0 aromatic carbocycles. The van der Waals surface area contributed by atoms with Gasteiger partial charge in [0.05, 0.1) is 0 Å². The Hall–Kier alpha value is -0.0400. The highest BCUT2D eigenvalue weighted by Gasteiger charge is 1.58. The first-order chi connectivity index (χ1) is 1.91. The van der Waals surface area contributed by atoms with E-state index < -0.39 is 0 Å². The lowest BCUT2D eigenvalue weighted by atomic mass is 10.5. The van der Waals surface area contributed by atoms with Crippen molar-refractivity contribution in [3.8, 4) is 0 Å². The van der Waals surface area contributed by atoms with Gasteiger partial charge in [-0.3, -0.25) is 5.73 Å². The molecule has 2 radical (unpaired) electrons. The average Bonchev–Trinajstić information content (AvgIpc) is 1.37. The smallest absolute Gasteiger partial charge is 0.0377 e. The van der Waals surface area contributed by atoms with E-state index in [1.165, 1.54) is 6.54 Å². The maximum absolute atomic E-state index is 6.33. The summed E-state index contributed by atoms with van der Waals surface area (Å²) in [6.07, 6.45) is 0.861. The van der Waals surface area contributed by atoms with Crippen LogP contribution in [0.1, 0.15) is 13.3 Å². The number of nitrogens with one attached hydrogen (secondary N) is 1. The zero-order valence-electron chi connectivity index (χ0n) is 2.78. The molecule has 1 nitrogen and oxygen atoms in total. The molecule has 0 amide bonds. The van der Waals surface area contributed by atoms with Gasteiger partial charge in [0.1, 0.15) is 0 Å². The van der Waals surface area contributed by atoms with Crippen LogP contribution >= 0.6 is 0 Å². The molecule has 0 heterocycles. The van der Waals surface area contributed by atoms with E-state index in [4.69, 9.17) is 5.73 Å². The monoisotopic (exact) mass is 57.1 g/mol. The zero-order valence-corrected chi connectivity index (χ0v) is 2.78. The fourth-order valence-electron chi connectivity index (χ4n) is 0. The van der Waals surface area contributed by atoms with Crippen LogP contribution < -0.4 is 5.73 Å². The van der Waals surface area contributed by atoms with Crippen molar-refractivity contribution in [2.24, 2.45) is 0 Å². The Morgan fingerprint density at radius 2 is 2.25 bits per heavy atom. The third-order valence-electron chi connectivity index (χ3n) is 0.204. The van der Waals surface area contributed by atoms with Crippen molar-refractivity contribution >= 4 is 0 Å². The van der Waals surface area contributed by atoms with Crippen molar-refractivity contribution < 1.29 is 0 Å². The minimum atomic E-state index is 0.861. The number of hydrogen-bond acceptors (Lipinski definition) is 0. The van der Waals surface area contributed by atoms with Crippen molar-refractivity contribution in [2.45, 2.75) is 13.3 Å². The Morgan fingerprint density at radius 3 is 2.25 bits per heavy atom. The predicted molar refractivity (Wildman–Crippen MR) is 17.7 cm³/mol. The van der Waals surface area contributed by atoms with E-state index in [-0.39, 0.29) is 0 Å². The van der Waals surface area contributed by atoms with E-state index in [9.17, 15) is 0 Å². The summed E-state index contributed by atoms with van der Waals surface area (Å²) in [5.74, 6) is 0. The first-order valence-corrected chi connectivity index (χ1v) is 1.40. The molecule has 1 N–H and O–H groups in total. The van der Waals surface area contributed by atoms with E-state index in [0.29, 0.717) is 0 Å². The zero-order chi connectivity index (χ0) is 3.41. The highest BCUT2D eigenvalue weighted by molar-refractivity contribution is 4.41. The summed E-state index contributed by atoms with van der Waals surface area (Å²) >= 11 is 0. The predicted octanol–water partition coefficient (Wildman–Crippen LogP) is 0.841. The molecule has 1 heteroatoms. The van der Waals surface area contributed by atoms with Crippen LogP contribution in [0.15, 0.2) is 0 Å². The molecule has 0 unspecified atom stereocenters. The molecule has 0 saturated heterocycles. The molecule has 0 saturated carbocycles. The molecular formula is C3H7N. The van der Waals surface area contributed by atoms with Crippen LogP contribution in [0.5, 0.6) is 0 Å². The Morgan fingerprint density at radius 1 is 2.00 bits per heavy atom. The Balaban J connectivity index is 1.97. The van der Waals surface area contributed by atoms with Gasteiger partial charge in [0.25, 0.3) is 0 Å². The Labute approximate surface area is 26.8 Å². The first-order valence-electron chi connectivity index (χ1n) is 1.40. The van der Waals surface area contributed by atoms with E-state index in [0.717, 1.165) is 6.42 Å². The van der Waals surface area contributed by atoms with Gasteiger partial charge in [-0.25, -0.2) is 0 Å². The lowest BCUT2D eigenvalue weighted by Gasteiger charge is -1.67. The van der Waals surface area contributed by atoms with Crippen LogP contribution in [0, 0.1) is 6.54 Å². The van der Waals surface area contributed by atoms with Gasteiger partial charge in [-0.2, -0.15) is 0 Å². The van der Waals surface area contributed by atoms with E-state index in [1.807, 2.05) is 6.92 Å². The molecule has 24 valence electrons. The second-order valence-electron chi connectivity index (χ2n) is 0.612. The lowest BCUT2D eigenvalue weighted by Crippen LogP contribution is -1.62. The molecule has 0 aromatic heterocycles. The van der Waals surface area contributed by atoms with Gasteiger partial charge < -0.3 is 0 Å². The fourth-order valence-corrected chi connectivity index (χ4v) is 0. The molecule has 0 bridgehead atoms. The summed E-state index contributed by atoms with van der Waals surface area (Å²) in [7, 11) is 0. The van der Waals surface area contributed by atoms with Crippen LogP contribution in [0.25, 0.3) is 0 Å². The van der Waals surface area contributed by atoms with Crippen LogP contribution in [-0.4, -0.2) is 0 Å². The summed E-state index contributed by atoms with van der Waals surface area (Å²) in [6, 6.07) is 0. The standard InChI is InChI=1S/C3H7N/c1-2-3-4/h3-4H,2H2,1H3. The summed E-state index contributed by atoms with van der Waals surface area (Å²) < 4.78 is 0. The third-order valence-corrected chi connectivity index (χ3v) is 0.204. The molecule has 0 aliphatic heterocycles. The second kappa shape index (κ2) is 2.96. The number of hydrogen-bond donors (Lipinski definition) is 0. The highest BCUT2D eigenvalue weighted by Crippen LogP contribution is 1.68. The van der Waals surface area contributed by atoms with Gasteiger partial charge in [0.15, 0.2) is 0 Å². The molecule has 0 aromatic rings. The van der Waals surface area contributed by atoms with Gasteiger partial charge in [-0.15, -0.1) is 0 Å². The average molecular weight is 57.1 g/mol. The lowest BCUT2D eigenvalue weighted by molar-refractivity contribution is 1.04. The molecule has 0 aliphatic rings. The van der Waals surface area contributed by atoms with Crippen LogP contribution in [0.4, 0.5) is 0 Å². The number of rotatable bonds is 1. The van der Waals surface area contributed by atoms with E-state index >= 15 is 0 Å². The quantitative estimate of drug-likeness (QED) is 0.426. The Bertz CT molecular complexity index is 5.25. The van der Waals surface area contributed by atoms with Gasteiger partial charge in [0, 0.05) is 6.54 Å². The SMILES string of the molecule is CC[CH][NH]. The molecule has 4 heavy (non-hydrogen) atoms. The summed E-state index contributed by atoms with van der Waals surface area (Å²) in [4.78, 5) is 0. The van der Waals surface area contributed by atoms with Crippen molar-refractivity contribution in [1.29, 1.82) is 0 Å². The van der Waals surface area contributed by atoms with Gasteiger partial charge in [-0.1, -0.05) is 6.92 Å². The largest absolute Gasteiger partial charge is 0.253 e. The maximum Gasteiger partial charge on any atom is 0.0377 e. The first kappa shape index (κ1) is 3.96. The molecule has 0 aliphatic carbocycles. The van der Waals surface area contributed by atoms with Crippen molar-refractivity contribution in [2.75, 3.05) is 0 Å². The van der Waals surface area contributed by atoms with E-state index in [2.05, 4.69) is 0 Å². The molecule has 0 atom stereocenters. The molecular weight excluding hydrogens is 50.0 g/mol. The van der Waals surface area contributed by atoms with Gasteiger partial charge in [0.2, 0.25) is 0 Å². The highest BCUT2D eigenvalue weighted by atomic mass is 14.5. The van der Waals surface area contributed by atoms with Gasteiger partial charge >= 0.3 is 0 Å². The minimum Gasteiger partial charge on any atom is -0.253 e. The normalized spacial score (nSPS) is 7.50. The van der Waals surface area contributed by atoms with E-state index in [1.54, 1.807) is 0 Å². The second-order valence-corrected chi connectivity index (χ2v) is 0.612. The van der Waals surface area contributed by atoms with Gasteiger partial charge in [-0.05, 0) is 6.42 Å². The van der Waals surface area contributed by atoms with Crippen LogP contribution in [0.2, 0.25) is 0 Å². The minimum absolute atomic E-state index is 0.861. The maximum atomic E-state index is 6.33. The Kier molecular flexibility index (Phi) is 2.93. The fraction of sp³-hybridized carbons (Fsp3) is 0.667. The van der Waals surface area contributed by atoms with Crippen molar-refractivity contribution in [1.82, 2.24) is 5.73 Å². The molecule has 0 spiro atoms. The molecule has 0 rings (SSSR count). The van der Waals surface area contributed by atoms with Crippen molar-refractivity contribution in [3.63, 3.8) is 0 Å². The summed E-state index contributed by atoms with van der Waals surface area (Å²) in [6.45, 7) is 3.31.